The third-order valence-corrected chi connectivity index (χ3v) is 3.44. The number of hydrogen-bond donors (Lipinski definition) is 1. The fourth-order valence-corrected chi connectivity index (χ4v) is 2.45. The quantitative estimate of drug-likeness (QED) is 0.832. The van der Waals surface area contributed by atoms with E-state index < -0.39 is 0 Å². The molecule has 1 N–H and O–H groups in total. The van der Waals surface area contributed by atoms with Crippen LogP contribution in [0.3, 0.4) is 0 Å². The van der Waals surface area contributed by atoms with E-state index in [1.54, 1.807) is 0 Å². The van der Waals surface area contributed by atoms with Crippen LogP contribution < -0.4 is 15.0 Å². The summed E-state index contributed by atoms with van der Waals surface area (Å²) in [5.41, 5.74) is 4.20. The van der Waals surface area contributed by atoms with E-state index in [2.05, 4.69) is 5.48 Å². The second-order valence-electron chi connectivity index (χ2n) is 4.82. The van der Waals surface area contributed by atoms with Crippen molar-refractivity contribution in [2.75, 3.05) is 13.2 Å². The molecule has 0 atom stereocenters. The van der Waals surface area contributed by atoms with Gasteiger partial charge in [-0.2, -0.15) is 5.48 Å². The molecule has 4 nitrogen and oxygen atoms in total. The van der Waals surface area contributed by atoms with Crippen LogP contribution in [0.15, 0.2) is 18.2 Å². The summed E-state index contributed by atoms with van der Waals surface area (Å²) in [6.07, 6.45) is 5.32. The van der Waals surface area contributed by atoms with Crippen molar-refractivity contribution in [2.24, 2.45) is 0 Å². The molecule has 0 aromatic heterocycles. The van der Waals surface area contributed by atoms with Gasteiger partial charge in [-0.05, 0) is 30.5 Å². The Labute approximate surface area is 107 Å². The molecular formula is C14H19NO3. The summed E-state index contributed by atoms with van der Waals surface area (Å²) < 4.78 is 11.0. The van der Waals surface area contributed by atoms with Gasteiger partial charge in [-0.3, -0.25) is 4.84 Å². The van der Waals surface area contributed by atoms with Gasteiger partial charge >= 0.3 is 0 Å². The van der Waals surface area contributed by atoms with Gasteiger partial charge in [0.15, 0.2) is 11.5 Å². The standard InChI is InChI=1S/C14H19NO3/c1-2-4-12(3-1)18-15-10-11-5-6-13-14(9-11)17-8-7-16-13/h5-6,9,12,15H,1-4,7-8,10H2. The Morgan fingerprint density at radius 2 is 1.89 bits per heavy atom. The Bertz CT molecular complexity index is 402. The molecule has 1 aliphatic carbocycles. The van der Waals surface area contributed by atoms with Crippen LogP contribution in [0.4, 0.5) is 0 Å². The maximum atomic E-state index is 5.63. The smallest absolute Gasteiger partial charge is 0.161 e. The topological polar surface area (TPSA) is 39.7 Å². The monoisotopic (exact) mass is 249 g/mol. The first-order chi connectivity index (χ1) is 8.92. The molecule has 0 saturated heterocycles. The molecule has 0 radical (unpaired) electrons. The zero-order valence-corrected chi connectivity index (χ0v) is 10.5. The van der Waals surface area contributed by atoms with Crippen molar-refractivity contribution < 1.29 is 14.3 Å². The van der Waals surface area contributed by atoms with Gasteiger partial charge in [-0.25, -0.2) is 0 Å². The minimum Gasteiger partial charge on any atom is -0.486 e. The summed E-state index contributed by atoms with van der Waals surface area (Å²) in [6.45, 7) is 1.96. The van der Waals surface area contributed by atoms with Crippen molar-refractivity contribution in [2.45, 2.75) is 38.3 Å². The molecule has 3 rings (SSSR count). The van der Waals surface area contributed by atoms with E-state index in [0.717, 1.165) is 17.1 Å². The van der Waals surface area contributed by atoms with Crippen molar-refractivity contribution in [1.29, 1.82) is 0 Å². The summed E-state index contributed by atoms with van der Waals surface area (Å²) in [5.74, 6) is 1.67. The largest absolute Gasteiger partial charge is 0.486 e. The highest BCUT2D eigenvalue weighted by molar-refractivity contribution is 5.43. The fraction of sp³-hybridized carbons (Fsp3) is 0.571. The summed E-state index contributed by atoms with van der Waals surface area (Å²) >= 11 is 0. The van der Waals surface area contributed by atoms with Crippen molar-refractivity contribution in [3.63, 3.8) is 0 Å². The minimum atomic E-state index is 0.391. The first-order valence-electron chi connectivity index (χ1n) is 6.69. The van der Waals surface area contributed by atoms with Gasteiger partial charge in [-0.15, -0.1) is 0 Å². The molecule has 98 valence electrons. The van der Waals surface area contributed by atoms with Crippen LogP contribution in [0.5, 0.6) is 11.5 Å². The van der Waals surface area contributed by atoms with E-state index in [1.165, 1.54) is 25.7 Å². The summed E-state index contributed by atoms with van der Waals surface area (Å²) in [5, 5.41) is 0. The SMILES string of the molecule is c1cc2c(cc1CNOC1CCCC1)OCCO2. The van der Waals surface area contributed by atoms with Crippen molar-refractivity contribution in [3.8, 4) is 11.5 Å². The van der Waals surface area contributed by atoms with Gasteiger partial charge in [0.25, 0.3) is 0 Å². The van der Waals surface area contributed by atoms with E-state index in [-0.39, 0.29) is 0 Å². The lowest BCUT2D eigenvalue weighted by Crippen LogP contribution is -2.21. The third-order valence-electron chi connectivity index (χ3n) is 3.44. The van der Waals surface area contributed by atoms with Crippen molar-refractivity contribution >= 4 is 0 Å². The van der Waals surface area contributed by atoms with Crippen LogP contribution in [-0.4, -0.2) is 19.3 Å². The van der Waals surface area contributed by atoms with Crippen molar-refractivity contribution in [3.05, 3.63) is 23.8 Å². The Morgan fingerprint density at radius 3 is 2.72 bits per heavy atom. The Hall–Kier alpha value is -1.26. The maximum Gasteiger partial charge on any atom is 0.161 e. The van der Waals surface area contributed by atoms with Gasteiger partial charge in [-0.1, -0.05) is 18.9 Å². The number of ether oxygens (including phenoxy) is 2. The average Bonchev–Trinajstić information content (AvgIpc) is 2.92. The maximum absolute atomic E-state index is 5.63. The first-order valence-corrected chi connectivity index (χ1v) is 6.69. The Morgan fingerprint density at radius 1 is 1.11 bits per heavy atom. The molecule has 1 heterocycles. The van der Waals surface area contributed by atoms with E-state index in [9.17, 15) is 0 Å². The molecule has 0 bridgehead atoms. The molecular weight excluding hydrogens is 230 g/mol. The molecule has 4 heteroatoms. The number of hydrogen-bond acceptors (Lipinski definition) is 4. The summed E-state index contributed by atoms with van der Waals surface area (Å²) in [7, 11) is 0. The number of fused-ring (bicyclic) bond motifs is 1. The molecule has 1 fully saturated rings. The van der Waals surface area contributed by atoms with E-state index >= 15 is 0 Å². The van der Waals surface area contributed by atoms with Crippen LogP contribution in [0.25, 0.3) is 0 Å². The van der Waals surface area contributed by atoms with E-state index in [0.29, 0.717) is 25.9 Å². The molecule has 1 saturated carbocycles. The highest BCUT2D eigenvalue weighted by atomic mass is 16.7. The van der Waals surface area contributed by atoms with Crippen LogP contribution >= 0.6 is 0 Å². The average molecular weight is 249 g/mol. The van der Waals surface area contributed by atoms with Gasteiger partial charge in [0.2, 0.25) is 0 Å². The molecule has 18 heavy (non-hydrogen) atoms. The number of rotatable bonds is 4. The lowest BCUT2D eigenvalue weighted by molar-refractivity contribution is -0.0244. The Balaban J connectivity index is 1.52. The number of hydroxylamine groups is 1. The van der Waals surface area contributed by atoms with Crippen LogP contribution in [0.2, 0.25) is 0 Å². The molecule has 0 amide bonds. The van der Waals surface area contributed by atoms with E-state index in [4.69, 9.17) is 14.3 Å². The lowest BCUT2D eigenvalue weighted by atomic mass is 10.2. The van der Waals surface area contributed by atoms with Gasteiger partial charge < -0.3 is 9.47 Å². The molecule has 1 aromatic rings. The highest BCUT2D eigenvalue weighted by Crippen LogP contribution is 2.30. The van der Waals surface area contributed by atoms with Crippen molar-refractivity contribution in [1.82, 2.24) is 5.48 Å². The molecule has 0 unspecified atom stereocenters. The van der Waals surface area contributed by atoms with Gasteiger partial charge in [0.05, 0.1) is 6.10 Å². The second-order valence-corrected chi connectivity index (χ2v) is 4.82. The van der Waals surface area contributed by atoms with Crippen LogP contribution in [0, 0.1) is 0 Å². The molecule has 0 spiro atoms. The predicted octanol–water partition coefficient (Wildman–Crippen LogP) is 2.42. The first kappa shape index (κ1) is 11.8. The zero-order valence-electron chi connectivity index (χ0n) is 10.5. The predicted molar refractivity (Wildman–Crippen MR) is 67.6 cm³/mol. The van der Waals surface area contributed by atoms with Gasteiger partial charge in [0.1, 0.15) is 13.2 Å². The second kappa shape index (κ2) is 5.59. The highest BCUT2D eigenvalue weighted by Gasteiger charge is 2.16. The normalized spacial score (nSPS) is 19.1. The van der Waals surface area contributed by atoms with Gasteiger partial charge in [0, 0.05) is 6.54 Å². The molecule has 2 aliphatic rings. The molecule has 1 aliphatic heterocycles. The molecule has 1 aromatic carbocycles. The van der Waals surface area contributed by atoms with E-state index in [1.807, 2.05) is 18.2 Å². The number of benzene rings is 1. The number of nitrogens with one attached hydrogen (secondary N) is 1. The fourth-order valence-electron chi connectivity index (χ4n) is 2.45. The summed E-state index contributed by atoms with van der Waals surface area (Å²) in [6, 6.07) is 6.01. The zero-order chi connectivity index (χ0) is 12.2. The lowest BCUT2D eigenvalue weighted by Gasteiger charge is -2.19. The van der Waals surface area contributed by atoms with Crippen LogP contribution in [-0.2, 0) is 11.4 Å². The summed E-state index contributed by atoms with van der Waals surface area (Å²) in [4.78, 5) is 5.63. The minimum absolute atomic E-state index is 0.391. The van der Waals surface area contributed by atoms with Crippen LogP contribution in [0.1, 0.15) is 31.2 Å². The Kier molecular flexibility index (Phi) is 3.67. The third kappa shape index (κ3) is 2.76.